The lowest BCUT2D eigenvalue weighted by Gasteiger charge is -2.28. The molecule has 1 aliphatic heterocycles. The van der Waals surface area contributed by atoms with Gasteiger partial charge < -0.3 is 10.6 Å². The number of nitrogens with zero attached hydrogens (tertiary/aromatic N) is 2. The van der Waals surface area contributed by atoms with Crippen LogP contribution in [0.25, 0.3) is 0 Å². The Hall–Kier alpha value is -0.740. The molecule has 1 fully saturated rings. The van der Waals surface area contributed by atoms with Crippen molar-refractivity contribution in [3.05, 3.63) is 23.4 Å². The van der Waals surface area contributed by atoms with Crippen molar-refractivity contribution in [1.82, 2.24) is 4.98 Å². The van der Waals surface area contributed by atoms with Crippen LogP contribution in [-0.2, 0) is 6.42 Å². The van der Waals surface area contributed by atoms with Gasteiger partial charge in [-0.3, -0.25) is 0 Å². The van der Waals surface area contributed by atoms with E-state index in [0.717, 1.165) is 31.7 Å². The molecule has 100 valence electrons. The average Bonchev–Trinajstić information content (AvgIpc) is 2.40. The van der Waals surface area contributed by atoms with Crippen LogP contribution in [0.3, 0.4) is 0 Å². The van der Waals surface area contributed by atoms with Crippen molar-refractivity contribution >= 4 is 17.6 Å². The molecule has 1 saturated heterocycles. The lowest BCUT2D eigenvalue weighted by Crippen LogP contribution is -2.33. The van der Waals surface area contributed by atoms with Gasteiger partial charge in [0.2, 0.25) is 0 Å². The standard InChI is InChI=1S/C14H23N3S/c1-3-13(15)9-12-8-11(2)14(16-10-12)17-4-6-18-7-5-17/h8,10,13H,3-7,9,15H2,1-2H3. The first-order valence-corrected chi connectivity index (χ1v) is 7.90. The van der Waals surface area contributed by atoms with Crippen molar-refractivity contribution in [3.63, 3.8) is 0 Å². The van der Waals surface area contributed by atoms with Gasteiger partial charge in [-0.05, 0) is 30.9 Å². The number of pyridine rings is 1. The molecule has 2 heterocycles. The van der Waals surface area contributed by atoms with E-state index in [2.05, 4.69) is 29.8 Å². The van der Waals surface area contributed by atoms with E-state index in [1.165, 1.54) is 22.6 Å². The topological polar surface area (TPSA) is 42.1 Å². The number of aromatic nitrogens is 1. The zero-order valence-electron chi connectivity index (χ0n) is 11.4. The van der Waals surface area contributed by atoms with E-state index in [1.807, 2.05) is 18.0 Å². The fraction of sp³-hybridized carbons (Fsp3) is 0.643. The third-order valence-corrected chi connectivity index (χ3v) is 4.38. The van der Waals surface area contributed by atoms with Crippen molar-refractivity contribution in [2.24, 2.45) is 5.73 Å². The van der Waals surface area contributed by atoms with Crippen LogP contribution in [0.5, 0.6) is 0 Å². The number of aryl methyl sites for hydroxylation is 1. The average molecular weight is 265 g/mol. The number of hydrogen-bond donors (Lipinski definition) is 1. The molecule has 1 aromatic rings. The van der Waals surface area contributed by atoms with Gasteiger partial charge in [0.1, 0.15) is 5.82 Å². The van der Waals surface area contributed by atoms with E-state index in [-0.39, 0.29) is 6.04 Å². The van der Waals surface area contributed by atoms with Crippen LogP contribution in [0.15, 0.2) is 12.3 Å². The van der Waals surface area contributed by atoms with Crippen molar-refractivity contribution in [3.8, 4) is 0 Å². The van der Waals surface area contributed by atoms with Crippen LogP contribution >= 0.6 is 11.8 Å². The highest BCUT2D eigenvalue weighted by Gasteiger charge is 2.15. The monoisotopic (exact) mass is 265 g/mol. The molecule has 1 aliphatic rings. The molecule has 0 saturated carbocycles. The molecule has 0 radical (unpaired) electrons. The summed E-state index contributed by atoms with van der Waals surface area (Å²) < 4.78 is 0. The maximum absolute atomic E-state index is 5.99. The molecule has 2 rings (SSSR count). The summed E-state index contributed by atoms with van der Waals surface area (Å²) in [5.74, 6) is 3.58. The molecule has 0 aromatic carbocycles. The second kappa shape index (κ2) is 6.43. The first-order chi connectivity index (χ1) is 8.70. The molecule has 4 heteroatoms. The van der Waals surface area contributed by atoms with Gasteiger partial charge >= 0.3 is 0 Å². The van der Waals surface area contributed by atoms with Crippen LogP contribution in [0.1, 0.15) is 24.5 Å². The molecule has 1 unspecified atom stereocenters. The summed E-state index contributed by atoms with van der Waals surface area (Å²) in [4.78, 5) is 7.05. The highest BCUT2D eigenvalue weighted by atomic mass is 32.2. The Labute approximate surface area is 114 Å². The first kappa shape index (κ1) is 13.7. The molecule has 1 atom stereocenters. The van der Waals surface area contributed by atoms with Gasteiger partial charge in [-0.1, -0.05) is 13.0 Å². The van der Waals surface area contributed by atoms with E-state index < -0.39 is 0 Å². The van der Waals surface area contributed by atoms with Crippen molar-refractivity contribution in [1.29, 1.82) is 0 Å². The van der Waals surface area contributed by atoms with Gasteiger partial charge in [0.05, 0.1) is 0 Å². The summed E-state index contributed by atoms with van der Waals surface area (Å²) in [6.07, 6.45) is 3.95. The number of hydrogen-bond acceptors (Lipinski definition) is 4. The number of nitrogens with two attached hydrogens (primary N) is 1. The maximum Gasteiger partial charge on any atom is 0.131 e. The predicted molar refractivity (Wildman–Crippen MR) is 80.5 cm³/mol. The molecular weight excluding hydrogens is 242 g/mol. The lowest BCUT2D eigenvalue weighted by molar-refractivity contribution is 0.644. The predicted octanol–water partition coefficient (Wildman–Crippen LogP) is 2.22. The van der Waals surface area contributed by atoms with Gasteiger partial charge in [-0.15, -0.1) is 0 Å². The summed E-state index contributed by atoms with van der Waals surface area (Å²) in [6, 6.07) is 2.50. The number of anilines is 1. The van der Waals surface area contributed by atoms with Crippen LogP contribution < -0.4 is 10.6 Å². The third kappa shape index (κ3) is 3.39. The quantitative estimate of drug-likeness (QED) is 0.906. The Balaban J connectivity index is 2.09. The van der Waals surface area contributed by atoms with Crippen molar-refractivity contribution < 1.29 is 0 Å². The molecule has 0 aliphatic carbocycles. The largest absolute Gasteiger partial charge is 0.355 e. The summed E-state index contributed by atoms with van der Waals surface area (Å²) in [5, 5.41) is 0. The Morgan fingerprint density at radius 2 is 2.17 bits per heavy atom. The second-order valence-corrected chi connectivity index (χ2v) is 6.18. The van der Waals surface area contributed by atoms with Gasteiger partial charge in [-0.25, -0.2) is 4.98 Å². The summed E-state index contributed by atoms with van der Waals surface area (Å²) in [5.41, 5.74) is 8.54. The van der Waals surface area contributed by atoms with E-state index >= 15 is 0 Å². The van der Waals surface area contributed by atoms with Crippen LogP contribution in [0.4, 0.5) is 5.82 Å². The Kier molecular flexibility index (Phi) is 4.89. The zero-order chi connectivity index (χ0) is 13.0. The van der Waals surface area contributed by atoms with E-state index in [1.54, 1.807) is 0 Å². The fourth-order valence-corrected chi connectivity index (χ4v) is 3.19. The van der Waals surface area contributed by atoms with Crippen LogP contribution in [0, 0.1) is 6.92 Å². The maximum atomic E-state index is 5.99. The van der Waals surface area contributed by atoms with Gasteiger partial charge in [0, 0.05) is 36.8 Å². The Morgan fingerprint density at radius 3 is 2.78 bits per heavy atom. The Bertz CT molecular complexity index is 389. The molecule has 0 bridgehead atoms. The van der Waals surface area contributed by atoms with E-state index in [9.17, 15) is 0 Å². The number of thioether (sulfide) groups is 1. The van der Waals surface area contributed by atoms with Crippen LogP contribution in [-0.4, -0.2) is 35.6 Å². The molecule has 3 nitrogen and oxygen atoms in total. The fourth-order valence-electron chi connectivity index (χ4n) is 2.29. The van der Waals surface area contributed by atoms with Gasteiger partial charge in [0.25, 0.3) is 0 Å². The molecule has 0 amide bonds. The minimum Gasteiger partial charge on any atom is -0.355 e. The smallest absolute Gasteiger partial charge is 0.131 e. The Morgan fingerprint density at radius 1 is 1.44 bits per heavy atom. The highest BCUT2D eigenvalue weighted by molar-refractivity contribution is 7.99. The summed E-state index contributed by atoms with van der Waals surface area (Å²) >= 11 is 2.03. The van der Waals surface area contributed by atoms with Crippen molar-refractivity contribution in [2.45, 2.75) is 32.7 Å². The van der Waals surface area contributed by atoms with Crippen LogP contribution in [0.2, 0.25) is 0 Å². The molecule has 18 heavy (non-hydrogen) atoms. The summed E-state index contributed by atoms with van der Waals surface area (Å²) in [6.45, 7) is 6.52. The third-order valence-electron chi connectivity index (χ3n) is 3.44. The van der Waals surface area contributed by atoms with Crippen molar-refractivity contribution in [2.75, 3.05) is 29.5 Å². The highest BCUT2D eigenvalue weighted by Crippen LogP contribution is 2.22. The second-order valence-electron chi connectivity index (χ2n) is 4.96. The van der Waals surface area contributed by atoms with E-state index in [4.69, 9.17) is 5.73 Å². The molecule has 1 aromatic heterocycles. The first-order valence-electron chi connectivity index (χ1n) is 6.74. The normalized spacial score (nSPS) is 17.8. The molecule has 0 spiro atoms. The van der Waals surface area contributed by atoms with Gasteiger partial charge in [-0.2, -0.15) is 11.8 Å². The minimum atomic E-state index is 0.253. The molecular formula is C14H23N3S. The number of rotatable bonds is 4. The SMILES string of the molecule is CCC(N)Cc1cnc(N2CCSCC2)c(C)c1. The van der Waals surface area contributed by atoms with Gasteiger partial charge in [0.15, 0.2) is 0 Å². The molecule has 2 N–H and O–H groups in total. The zero-order valence-corrected chi connectivity index (χ0v) is 12.2. The lowest BCUT2D eigenvalue weighted by atomic mass is 10.0. The minimum absolute atomic E-state index is 0.253. The summed E-state index contributed by atoms with van der Waals surface area (Å²) in [7, 11) is 0. The van der Waals surface area contributed by atoms with E-state index in [0.29, 0.717) is 0 Å².